The number of hydrogen-bond donors (Lipinski definition) is 1. The predicted molar refractivity (Wildman–Crippen MR) is 97.5 cm³/mol. The molecular formula is C15H10Cl2N4O3S. The molecule has 1 heterocycles. The molecule has 1 N–H and O–H groups in total. The summed E-state index contributed by atoms with van der Waals surface area (Å²) in [4.78, 5) is 10.4. The molecule has 128 valence electrons. The SMILES string of the molecule is O=[N+]([O-])c1ccc(NCn2nc(-c3ccc(Cl)cc3Cl)oc2=S)cc1. The number of nitro benzene ring substituents is 1. The zero-order valence-corrected chi connectivity index (χ0v) is 14.8. The molecule has 0 amide bonds. The zero-order chi connectivity index (χ0) is 18.0. The van der Waals surface area contributed by atoms with Crippen molar-refractivity contribution < 1.29 is 9.34 Å². The van der Waals surface area contributed by atoms with Crippen LogP contribution in [0.25, 0.3) is 11.5 Å². The number of non-ortho nitro benzene ring substituents is 1. The van der Waals surface area contributed by atoms with E-state index in [1.165, 1.54) is 16.8 Å². The summed E-state index contributed by atoms with van der Waals surface area (Å²) in [5, 5.41) is 18.9. The van der Waals surface area contributed by atoms with Gasteiger partial charge in [0.1, 0.15) is 6.67 Å². The van der Waals surface area contributed by atoms with Gasteiger partial charge in [-0.05, 0) is 42.5 Å². The van der Waals surface area contributed by atoms with Gasteiger partial charge >= 0.3 is 0 Å². The van der Waals surface area contributed by atoms with Gasteiger partial charge in [0.05, 0.1) is 15.5 Å². The van der Waals surface area contributed by atoms with E-state index >= 15 is 0 Å². The molecule has 0 atom stereocenters. The molecular weight excluding hydrogens is 387 g/mol. The van der Waals surface area contributed by atoms with E-state index in [0.717, 1.165) is 0 Å². The highest BCUT2D eigenvalue weighted by atomic mass is 35.5. The van der Waals surface area contributed by atoms with Crippen molar-refractivity contribution in [3.63, 3.8) is 0 Å². The van der Waals surface area contributed by atoms with E-state index in [9.17, 15) is 10.1 Å². The molecule has 2 aromatic carbocycles. The molecule has 3 rings (SSSR count). The average Bonchev–Trinajstić information content (AvgIpc) is 2.94. The highest BCUT2D eigenvalue weighted by Crippen LogP contribution is 2.29. The topological polar surface area (TPSA) is 86.1 Å². The van der Waals surface area contributed by atoms with Crippen molar-refractivity contribution in [2.75, 3.05) is 5.32 Å². The highest BCUT2D eigenvalue weighted by Gasteiger charge is 2.12. The van der Waals surface area contributed by atoms with Crippen molar-refractivity contribution >= 4 is 46.8 Å². The maximum Gasteiger partial charge on any atom is 0.289 e. The third kappa shape index (κ3) is 3.98. The number of halogens is 2. The maximum absolute atomic E-state index is 10.6. The monoisotopic (exact) mass is 396 g/mol. The van der Waals surface area contributed by atoms with Crippen molar-refractivity contribution in [3.05, 3.63) is 67.5 Å². The quantitative estimate of drug-likeness (QED) is 0.364. The van der Waals surface area contributed by atoms with E-state index in [0.29, 0.717) is 21.3 Å². The Labute approximate surface area is 156 Å². The summed E-state index contributed by atoms with van der Waals surface area (Å²) in [5.74, 6) is 0.275. The fourth-order valence-corrected chi connectivity index (χ4v) is 2.72. The fraction of sp³-hybridized carbons (Fsp3) is 0.0667. The number of rotatable bonds is 5. The van der Waals surface area contributed by atoms with Gasteiger partial charge in [-0.15, -0.1) is 5.10 Å². The van der Waals surface area contributed by atoms with Crippen molar-refractivity contribution in [2.24, 2.45) is 0 Å². The van der Waals surface area contributed by atoms with Crippen LogP contribution in [0.2, 0.25) is 10.0 Å². The summed E-state index contributed by atoms with van der Waals surface area (Å²) >= 11 is 17.2. The molecule has 0 spiro atoms. The third-order valence-electron chi connectivity index (χ3n) is 3.28. The number of anilines is 1. The lowest BCUT2D eigenvalue weighted by atomic mass is 10.2. The lowest BCUT2D eigenvalue weighted by Crippen LogP contribution is -2.09. The molecule has 10 heteroatoms. The second-order valence-corrected chi connectivity index (χ2v) is 6.13. The normalized spacial score (nSPS) is 10.6. The Morgan fingerprint density at radius 3 is 2.60 bits per heavy atom. The number of nitrogens with one attached hydrogen (secondary N) is 1. The minimum atomic E-state index is -0.459. The van der Waals surface area contributed by atoms with Gasteiger partial charge in [-0.2, -0.15) is 0 Å². The van der Waals surface area contributed by atoms with Gasteiger partial charge in [0.2, 0.25) is 5.89 Å². The highest BCUT2D eigenvalue weighted by molar-refractivity contribution is 7.71. The summed E-state index contributed by atoms with van der Waals surface area (Å²) in [7, 11) is 0. The molecule has 7 nitrogen and oxygen atoms in total. The summed E-state index contributed by atoms with van der Waals surface area (Å²) in [6.07, 6.45) is 0. The fourth-order valence-electron chi connectivity index (χ4n) is 2.05. The minimum absolute atomic E-state index is 0.0169. The van der Waals surface area contributed by atoms with Crippen LogP contribution >= 0.6 is 35.4 Å². The molecule has 25 heavy (non-hydrogen) atoms. The second kappa shape index (κ2) is 7.22. The Hall–Kier alpha value is -2.42. The second-order valence-electron chi connectivity index (χ2n) is 4.94. The first kappa shape index (κ1) is 17.4. The van der Waals surface area contributed by atoms with E-state index in [1.54, 1.807) is 30.3 Å². The van der Waals surface area contributed by atoms with Gasteiger partial charge in [-0.3, -0.25) is 10.1 Å². The number of nitrogens with zero attached hydrogens (tertiary/aromatic N) is 3. The van der Waals surface area contributed by atoms with Crippen LogP contribution in [0.1, 0.15) is 0 Å². The Kier molecular flexibility index (Phi) is 5.03. The molecule has 3 aromatic rings. The van der Waals surface area contributed by atoms with E-state index in [4.69, 9.17) is 39.8 Å². The molecule has 1 aromatic heterocycles. The van der Waals surface area contributed by atoms with Crippen molar-refractivity contribution in [3.8, 4) is 11.5 Å². The van der Waals surface area contributed by atoms with Crippen molar-refractivity contribution in [1.29, 1.82) is 0 Å². The molecule has 0 saturated carbocycles. The van der Waals surface area contributed by atoms with E-state index in [-0.39, 0.29) is 23.1 Å². The first-order valence-electron chi connectivity index (χ1n) is 6.96. The average molecular weight is 397 g/mol. The van der Waals surface area contributed by atoms with Crippen LogP contribution in [0, 0.1) is 15.0 Å². The van der Waals surface area contributed by atoms with Crippen LogP contribution in [-0.2, 0) is 6.67 Å². The number of aromatic nitrogens is 2. The lowest BCUT2D eigenvalue weighted by Gasteiger charge is -2.05. The first-order valence-corrected chi connectivity index (χ1v) is 8.12. The molecule has 0 aliphatic rings. The van der Waals surface area contributed by atoms with E-state index in [2.05, 4.69) is 10.4 Å². The Balaban J connectivity index is 1.76. The van der Waals surface area contributed by atoms with Crippen molar-refractivity contribution in [1.82, 2.24) is 9.78 Å². The van der Waals surface area contributed by atoms with Gasteiger partial charge in [-0.1, -0.05) is 23.2 Å². The van der Waals surface area contributed by atoms with Crippen LogP contribution in [0.3, 0.4) is 0 Å². The van der Waals surface area contributed by atoms with E-state index < -0.39 is 4.92 Å². The predicted octanol–water partition coefficient (Wildman–Crippen LogP) is 5.16. The summed E-state index contributed by atoms with van der Waals surface area (Å²) in [6.45, 7) is 0.228. The molecule has 0 aliphatic carbocycles. The van der Waals surface area contributed by atoms with Crippen LogP contribution in [-0.4, -0.2) is 14.7 Å². The number of benzene rings is 2. The Morgan fingerprint density at radius 1 is 1.24 bits per heavy atom. The maximum atomic E-state index is 10.6. The number of hydrogen-bond acceptors (Lipinski definition) is 6. The van der Waals surface area contributed by atoms with Gasteiger partial charge in [0.25, 0.3) is 10.5 Å². The molecule has 0 bridgehead atoms. The van der Waals surface area contributed by atoms with Crippen LogP contribution < -0.4 is 5.32 Å². The van der Waals surface area contributed by atoms with Crippen LogP contribution in [0.4, 0.5) is 11.4 Å². The van der Waals surface area contributed by atoms with Crippen LogP contribution in [0.15, 0.2) is 46.9 Å². The molecule has 0 fully saturated rings. The van der Waals surface area contributed by atoms with Gasteiger partial charge in [0.15, 0.2) is 0 Å². The largest absolute Gasteiger partial charge is 0.409 e. The smallest absolute Gasteiger partial charge is 0.289 e. The molecule has 0 saturated heterocycles. The summed E-state index contributed by atoms with van der Waals surface area (Å²) in [5.41, 5.74) is 1.27. The van der Waals surface area contributed by atoms with Gasteiger partial charge in [-0.25, -0.2) is 4.68 Å². The van der Waals surface area contributed by atoms with Crippen molar-refractivity contribution in [2.45, 2.75) is 6.67 Å². The standard InChI is InChI=1S/C15H10Cl2N4O3S/c16-9-1-6-12(13(17)7-9)14-19-20(15(25)24-14)8-18-10-2-4-11(5-3-10)21(22)23/h1-7,18H,8H2. The van der Waals surface area contributed by atoms with Crippen LogP contribution in [0.5, 0.6) is 0 Å². The molecule has 0 aliphatic heterocycles. The molecule has 0 radical (unpaired) electrons. The van der Waals surface area contributed by atoms with E-state index in [1.807, 2.05) is 0 Å². The number of nitro groups is 1. The minimum Gasteiger partial charge on any atom is -0.409 e. The third-order valence-corrected chi connectivity index (χ3v) is 4.12. The Morgan fingerprint density at radius 2 is 1.96 bits per heavy atom. The zero-order valence-electron chi connectivity index (χ0n) is 12.5. The molecule has 0 unspecified atom stereocenters. The summed E-state index contributed by atoms with van der Waals surface area (Å²) in [6, 6.07) is 11.0. The summed E-state index contributed by atoms with van der Waals surface area (Å²) < 4.78 is 6.91. The van der Waals surface area contributed by atoms with Gasteiger partial charge in [0, 0.05) is 22.8 Å². The first-order chi connectivity index (χ1) is 11.9. The lowest BCUT2D eigenvalue weighted by molar-refractivity contribution is -0.384. The Bertz CT molecular complexity index is 985. The van der Waals surface area contributed by atoms with Gasteiger partial charge < -0.3 is 9.73 Å².